The highest BCUT2D eigenvalue weighted by Crippen LogP contribution is 2.24. The molecule has 18 heavy (non-hydrogen) atoms. The predicted molar refractivity (Wildman–Crippen MR) is 63.7 cm³/mol. The molecule has 1 aliphatic rings. The zero-order valence-corrected chi connectivity index (χ0v) is 9.67. The van der Waals surface area contributed by atoms with Gasteiger partial charge in [-0.2, -0.15) is 0 Å². The Morgan fingerprint density at radius 3 is 1.72 bits per heavy atom. The van der Waals surface area contributed by atoms with Crippen molar-refractivity contribution < 1.29 is 19.6 Å². The third-order valence-electron chi connectivity index (χ3n) is 2.71. The summed E-state index contributed by atoms with van der Waals surface area (Å²) in [5, 5.41) is 4.81. The van der Waals surface area contributed by atoms with Gasteiger partial charge in [-0.25, -0.2) is 0 Å². The molecule has 0 spiro atoms. The smallest absolute Gasteiger partial charge is 0.175 e. The van der Waals surface area contributed by atoms with Gasteiger partial charge in [-0.3, -0.25) is 9.78 Å². The summed E-state index contributed by atoms with van der Waals surface area (Å²) in [6, 6.07) is 15.0. The first kappa shape index (κ1) is 11.1. The van der Waals surface area contributed by atoms with E-state index in [1.807, 2.05) is 36.4 Å². The van der Waals surface area contributed by atoms with E-state index in [0.717, 1.165) is 11.1 Å². The third-order valence-corrected chi connectivity index (χ3v) is 2.71. The van der Waals surface area contributed by atoms with Crippen LogP contribution in [0.4, 0.5) is 0 Å². The highest BCUT2D eigenvalue weighted by molar-refractivity contribution is 5.34. The van der Waals surface area contributed by atoms with Crippen molar-refractivity contribution in [1.82, 2.24) is 0 Å². The monoisotopic (exact) mass is 244 g/mol. The summed E-state index contributed by atoms with van der Waals surface area (Å²) in [4.78, 5) is 10.2. The second-order valence-electron chi connectivity index (χ2n) is 3.94. The lowest BCUT2D eigenvalue weighted by Gasteiger charge is -2.14. The Morgan fingerprint density at radius 2 is 1.17 bits per heavy atom. The third kappa shape index (κ3) is 2.30. The second-order valence-corrected chi connectivity index (χ2v) is 3.94. The van der Waals surface area contributed by atoms with Crippen molar-refractivity contribution in [2.24, 2.45) is 0 Å². The predicted octanol–water partition coefficient (Wildman–Crippen LogP) is 3.02. The Bertz CT molecular complexity index is 443. The van der Waals surface area contributed by atoms with Crippen LogP contribution < -0.4 is 9.78 Å². The molecule has 4 heteroatoms. The number of ether oxygens (including phenoxy) is 1. The van der Waals surface area contributed by atoms with Gasteiger partial charge < -0.3 is 4.74 Å². The number of hydrogen-bond acceptors (Lipinski definition) is 4. The zero-order chi connectivity index (χ0) is 12.2. The number of rotatable bonds is 0. The lowest BCUT2D eigenvalue weighted by Crippen LogP contribution is -2.08. The Labute approximate surface area is 105 Å². The molecule has 0 N–H and O–H groups in total. The molecule has 2 aromatic rings. The molecule has 0 saturated carbocycles. The highest BCUT2D eigenvalue weighted by Gasteiger charge is 2.11. The minimum Gasteiger partial charge on any atom is -0.372 e. The Hall–Kier alpha value is -2.04. The van der Waals surface area contributed by atoms with Crippen LogP contribution in [0, 0.1) is 0 Å². The molecule has 0 aromatic heterocycles. The molecule has 0 saturated heterocycles. The topological polar surface area (TPSA) is 36.9 Å². The van der Waals surface area contributed by atoms with Crippen LogP contribution in [-0.4, -0.2) is 0 Å². The molecule has 0 radical (unpaired) electrons. The summed E-state index contributed by atoms with van der Waals surface area (Å²) < 4.78 is 5.65. The molecule has 3 rings (SSSR count). The fraction of sp³-hybridized carbons (Fsp3) is 0.143. The van der Waals surface area contributed by atoms with Crippen LogP contribution in [0.1, 0.15) is 11.1 Å². The van der Waals surface area contributed by atoms with E-state index >= 15 is 0 Å². The summed E-state index contributed by atoms with van der Waals surface area (Å²) in [6.45, 7) is 0.932. The van der Waals surface area contributed by atoms with E-state index in [4.69, 9.17) is 19.6 Å². The summed E-state index contributed by atoms with van der Waals surface area (Å²) in [5.41, 5.74) is 1.83. The van der Waals surface area contributed by atoms with E-state index in [9.17, 15) is 0 Å². The molecule has 0 bridgehead atoms. The summed E-state index contributed by atoms with van der Waals surface area (Å²) in [5.74, 6) is 1.19. The van der Waals surface area contributed by atoms with Crippen molar-refractivity contribution in [3.63, 3.8) is 0 Å². The first-order valence-corrected chi connectivity index (χ1v) is 5.68. The summed E-state index contributed by atoms with van der Waals surface area (Å²) in [7, 11) is 0. The minimum atomic E-state index is 0.466. The highest BCUT2D eigenvalue weighted by atomic mass is 17.5. The van der Waals surface area contributed by atoms with Crippen LogP contribution in [0.5, 0.6) is 11.5 Å². The van der Waals surface area contributed by atoms with Gasteiger partial charge in [0.05, 0.1) is 13.2 Å². The average molecular weight is 244 g/mol. The van der Waals surface area contributed by atoms with Gasteiger partial charge in [0.2, 0.25) is 0 Å². The van der Waals surface area contributed by atoms with Crippen molar-refractivity contribution in [3.05, 3.63) is 59.7 Å². The van der Waals surface area contributed by atoms with Gasteiger partial charge in [0.1, 0.15) is 0 Å². The van der Waals surface area contributed by atoms with Crippen LogP contribution >= 0.6 is 0 Å². The Morgan fingerprint density at radius 1 is 0.667 bits per heavy atom. The van der Waals surface area contributed by atoms with Gasteiger partial charge in [-0.1, -0.05) is 36.4 Å². The normalized spacial score (nSPS) is 14.7. The molecule has 0 atom stereocenters. The van der Waals surface area contributed by atoms with Gasteiger partial charge in [-0.05, 0) is 12.1 Å². The molecule has 0 unspecified atom stereocenters. The van der Waals surface area contributed by atoms with Crippen LogP contribution in [0.25, 0.3) is 0 Å². The fourth-order valence-electron chi connectivity index (χ4n) is 1.77. The first-order valence-electron chi connectivity index (χ1n) is 5.68. The summed E-state index contributed by atoms with van der Waals surface area (Å²) in [6.07, 6.45) is 0. The quantitative estimate of drug-likeness (QED) is 0.667. The standard InChI is InChI=1S/C14H12O4/c1-3-7-13-11(5-1)9-15-10-12-6-2-4-8-14(12)17-18-16-13/h1-8H,9-10H2. The molecule has 0 aliphatic carbocycles. The molecular formula is C14H12O4. The SMILES string of the molecule is c1ccc2c(c1)COCc1ccccc1OOO2. The lowest BCUT2D eigenvalue weighted by molar-refractivity contribution is -0.412. The van der Waals surface area contributed by atoms with Crippen molar-refractivity contribution in [2.45, 2.75) is 13.2 Å². The van der Waals surface area contributed by atoms with Crippen molar-refractivity contribution >= 4 is 0 Å². The molecular weight excluding hydrogens is 232 g/mol. The zero-order valence-electron chi connectivity index (χ0n) is 9.67. The Balaban J connectivity index is 1.85. The maximum absolute atomic E-state index is 5.65. The molecule has 0 fully saturated rings. The van der Waals surface area contributed by atoms with E-state index < -0.39 is 0 Å². The molecule has 1 aliphatic heterocycles. The van der Waals surface area contributed by atoms with Crippen molar-refractivity contribution in [3.8, 4) is 11.5 Å². The fourth-order valence-corrected chi connectivity index (χ4v) is 1.77. The van der Waals surface area contributed by atoms with E-state index in [1.165, 1.54) is 0 Å². The van der Waals surface area contributed by atoms with Crippen LogP contribution in [0.3, 0.4) is 0 Å². The van der Waals surface area contributed by atoms with E-state index in [1.54, 1.807) is 12.1 Å². The van der Waals surface area contributed by atoms with Gasteiger partial charge >= 0.3 is 0 Å². The van der Waals surface area contributed by atoms with Crippen LogP contribution in [-0.2, 0) is 23.0 Å². The first-order chi connectivity index (χ1) is 8.93. The maximum Gasteiger partial charge on any atom is 0.175 e. The van der Waals surface area contributed by atoms with E-state index in [0.29, 0.717) is 24.7 Å². The molecule has 4 nitrogen and oxygen atoms in total. The van der Waals surface area contributed by atoms with E-state index in [2.05, 4.69) is 0 Å². The lowest BCUT2D eigenvalue weighted by atomic mass is 10.2. The molecule has 1 heterocycles. The van der Waals surface area contributed by atoms with Crippen LogP contribution in [0.15, 0.2) is 48.5 Å². The number of para-hydroxylation sites is 2. The maximum atomic E-state index is 5.65. The molecule has 2 aromatic carbocycles. The number of benzene rings is 2. The van der Waals surface area contributed by atoms with Crippen molar-refractivity contribution in [2.75, 3.05) is 0 Å². The van der Waals surface area contributed by atoms with Gasteiger partial charge in [0, 0.05) is 16.2 Å². The van der Waals surface area contributed by atoms with Gasteiger partial charge in [0.15, 0.2) is 11.5 Å². The summed E-state index contributed by atoms with van der Waals surface area (Å²) >= 11 is 0. The van der Waals surface area contributed by atoms with Crippen molar-refractivity contribution in [1.29, 1.82) is 0 Å². The number of fused-ring (bicyclic) bond motifs is 2. The molecule has 0 amide bonds. The number of hydrogen-bond donors (Lipinski definition) is 0. The second kappa shape index (κ2) is 5.08. The average Bonchev–Trinajstić information content (AvgIpc) is 2.43. The minimum absolute atomic E-state index is 0.466. The largest absolute Gasteiger partial charge is 0.372 e. The van der Waals surface area contributed by atoms with Gasteiger partial charge in [-0.15, -0.1) is 0 Å². The van der Waals surface area contributed by atoms with E-state index in [-0.39, 0.29) is 0 Å². The molecule has 92 valence electrons. The van der Waals surface area contributed by atoms with Gasteiger partial charge in [0.25, 0.3) is 0 Å². The Kier molecular flexibility index (Phi) is 3.12. The van der Waals surface area contributed by atoms with Crippen LogP contribution in [0.2, 0.25) is 0 Å².